The fourth-order valence-electron chi connectivity index (χ4n) is 3.10. The van der Waals surface area contributed by atoms with Gasteiger partial charge in [-0.05, 0) is 54.3 Å². The highest BCUT2D eigenvalue weighted by atomic mass is 32.2. The van der Waals surface area contributed by atoms with Crippen molar-refractivity contribution in [1.82, 2.24) is 4.98 Å². The number of benzene rings is 2. The van der Waals surface area contributed by atoms with E-state index in [1.54, 1.807) is 48.7 Å². The van der Waals surface area contributed by atoms with Crippen molar-refractivity contribution >= 4 is 21.3 Å². The molecule has 0 aliphatic carbocycles. The molecule has 0 fully saturated rings. The molecule has 0 amide bonds. The van der Waals surface area contributed by atoms with E-state index < -0.39 is 10.0 Å². The Bertz CT molecular complexity index is 1030. The molecule has 0 bridgehead atoms. The summed E-state index contributed by atoms with van der Waals surface area (Å²) in [6.45, 7) is 2.20. The topological polar surface area (TPSA) is 59.1 Å². The smallest absolute Gasteiger partial charge is 0.261 e. The molecule has 0 radical (unpaired) electrons. The van der Waals surface area contributed by atoms with Gasteiger partial charge >= 0.3 is 0 Å². The van der Waals surface area contributed by atoms with Crippen LogP contribution in [0.15, 0.2) is 90.1 Å². The van der Waals surface area contributed by atoms with Crippen LogP contribution < -0.4 is 4.72 Å². The molecule has 29 heavy (non-hydrogen) atoms. The number of hydrogen-bond acceptors (Lipinski definition) is 3. The van der Waals surface area contributed by atoms with E-state index in [0.29, 0.717) is 5.69 Å². The first-order valence-electron chi connectivity index (χ1n) is 9.89. The predicted molar refractivity (Wildman–Crippen MR) is 119 cm³/mol. The number of sulfonamides is 1. The Kier molecular flexibility index (Phi) is 7.19. The molecule has 2 aromatic carbocycles. The maximum absolute atomic E-state index is 12.5. The van der Waals surface area contributed by atoms with Crippen molar-refractivity contribution < 1.29 is 8.42 Å². The zero-order valence-electron chi connectivity index (χ0n) is 16.6. The second kappa shape index (κ2) is 10.0. The summed E-state index contributed by atoms with van der Waals surface area (Å²) in [6, 6.07) is 19.8. The first kappa shape index (κ1) is 20.8. The molecule has 1 aromatic heterocycles. The molecular weight excluding hydrogens is 380 g/mol. The highest BCUT2D eigenvalue weighted by Gasteiger charge is 2.13. The normalized spacial score (nSPS) is 12.0. The number of pyridine rings is 1. The summed E-state index contributed by atoms with van der Waals surface area (Å²) in [4.78, 5) is 4.49. The van der Waals surface area contributed by atoms with Crippen LogP contribution in [0.3, 0.4) is 0 Å². The summed E-state index contributed by atoms with van der Waals surface area (Å²) in [5, 5.41) is 0. The molecule has 0 atom stereocenters. The average Bonchev–Trinajstić information content (AvgIpc) is 2.76. The van der Waals surface area contributed by atoms with Crippen LogP contribution in [0.2, 0.25) is 0 Å². The van der Waals surface area contributed by atoms with Crippen LogP contribution in [-0.4, -0.2) is 13.4 Å². The molecule has 3 aromatic rings. The standard InChI is InChI=1S/C24H26N2O2S/c1-2-3-4-8-13-24(21-10-9-18-25-19-21)20-14-16-22(17-15-20)26-29(27,28)23-11-6-5-7-12-23/h5-7,9-19,26H,2-4,8H2,1H3/b24-13-. The van der Waals surface area contributed by atoms with Crippen LogP contribution in [0.1, 0.15) is 43.7 Å². The molecule has 5 heteroatoms. The SMILES string of the molecule is CCCCC/C=C(/c1ccc(NS(=O)(=O)c2ccccc2)cc1)c1cccnc1. The van der Waals surface area contributed by atoms with Crippen LogP contribution in [-0.2, 0) is 10.0 Å². The summed E-state index contributed by atoms with van der Waals surface area (Å²) in [6.07, 6.45) is 10.4. The van der Waals surface area contributed by atoms with Gasteiger partial charge in [-0.15, -0.1) is 0 Å². The molecule has 0 saturated carbocycles. The van der Waals surface area contributed by atoms with Gasteiger partial charge in [-0.2, -0.15) is 0 Å². The largest absolute Gasteiger partial charge is 0.280 e. The molecule has 0 aliphatic rings. The first-order chi connectivity index (χ1) is 14.1. The predicted octanol–water partition coefficient (Wildman–Crippen LogP) is 5.89. The van der Waals surface area contributed by atoms with Crippen LogP contribution in [0, 0.1) is 0 Å². The number of hydrogen-bond donors (Lipinski definition) is 1. The van der Waals surface area contributed by atoms with Crippen molar-refractivity contribution in [2.45, 2.75) is 37.5 Å². The van der Waals surface area contributed by atoms with Gasteiger partial charge < -0.3 is 0 Å². The van der Waals surface area contributed by atoms with Crippen LogP contribution in [0.5, 0.6) is 0 Å². The van der Waals surface area contributed by atoms with Gasteiger partial charge in [0.15, 0.2) is 0 Å². The van der Waals surface area contributed by atoms with Crippen molar-refractivity contribution in [3.05, 3.63) is 96.3 Å². The second-order valence-corrected chi connectivity index (χ2v) is 8.53. The monoisotopic (exact) mass is 406 g/mol. The van der Waals surface area contributed by atoms with Gasteiger partial charge in [0.25, 0.3) is 10.0 Å². The zero-order chi connectivity index (χ0) is 20.5. The number of unbranched alkanes of at least 4 members (excludes halogenated alkanes) is 3. The van der Waals surface area contributed by atoms with E-state index in [1.165, 1.54) is 12.8 Å². The van der Waals surface area contributed by atoms with Gasteiger partial charge in [-0.1, -0.05) is 62.2 Å². The minimum Gasteiger partial charge on any atom is -0.280 e. The van der Waals surface area contributed by atoms with Gasteiger partial charge in [0, 0.05) is 23.6 Å². The molecule has 3 rings (SSSR count). The maximum Gasteiger partial charge on any atom is 0.261 e. The van der Waals surface area contributed by atoms with Crippen molar-refractivity contribution in [3.63, 3.8) is 0 Å². The molecular formula is C24H26N2O2S. The van der Waals surface area contributed by atoms with Crippen LogP contribution >= 0.6 is 0 Å². The summed E-state index contributed by atoms with van der Waals surface area (Å²) in [7, 11) is -3.59. The fraction of sp³-hybridized carbons (Fsp3) is 0.208. The summed E-state index contributed by atoms with van der Waals surface area (Å²) in [5.74, 6) is 0. The highest BCUT2D eigenvalue weighted by molar-refractivity contribution is 7.92. The van der Waals surface area contributed by atoms with Gasteiger partial charge in [-0.25, -0.2) is 8.42 Å². The van der Waals surface area contributed by atoms with E-state index in [4.69, 9.17) is 0 Å². The number of rotatable bonds is 9. The van der Waals surface area contributed by atoms with Crippen LogP contribution in [0.4, 0.5) is 5.69 Å². The summed E-state index contributed by atoms with van der Waals surface area (Å²) >= 11 is 0. The molecule has 0 aliphatic heterocycles. The first-order valence-corrected chi connectivity index (χ1v) is 11.4. The molecule has 150 valence electrons. The molecule has 1 heterocycles. The Morgan fingerprint density at radius 2 is 1.69 bits per heavy atom. The lowest BCUT2D eigenvalue weighted by atomic mass is 9.97. The highest BCUT2D eigenvalue weighted by Crippen LogP contribution is 2.26. The number of anilines is 1. The van der Waals surface area contributed by atoms with Crippen molar-refractivity contribution in [2.75, 3.05) is 4.72 Å². The third-order valence-electron chi connectivity index (χ3n) is 4.63. The Balaban J connectivity index is 1.82. The molecule has 1 N–H and O–H groups in total. The molecule has 0 saturated heterocycles. The van der Waals surface area contributed by atoms with Gasteiger partial charge in [0.2, 0.25) is 0 Å². The lowest BCUT2D eigenvalue weighted by Gasteiger charge is -2.11. The van der Waals surface area contributed by atoms with Gasteiger partial charge in [0.1, 0.15) is 0 Å². The number of aromatic nitrogens is 1. The van der Waals surface area contributed by atoms with Crippen molar-refractivity contribution in [1.29, 1.82) is 0 Å². The van der Waals surface area contributed by atoms with E-state index >= 15 is 0 Å². The zero-order valence-corrected chi connectivity index (χ0v) is 17.4. The van der Waals surface area contributed by atoms with Gasteiger partial charge in [-0.3, -0.25) is 9.71 Å². The lowest BCUT2D eigenvalue weighted by molar-refractivity contribution is 0.601. The summed E-state index contributed by atoms with van der Waals surface area (Å²) in [5.41, 5.74) is 3.75. The molecule has 0 spiro atoms. The minimum absolute atomic E-state index is 0.246. The van der Waals surface area contributed by atoms with Crippen molar-refractivity contribution in [2.24, 2.45) is 0 Å². The Hall–Kier alpha value is -2.92. The van der Waals surface area contributed by atoms with E-state index in [9.17, 15) is 8.42 Å². The molecule has 4 nitrogen and oxygen atoms in total. The minimum atomic E-state index is -3.59. The number of allylic oxidation sites excluding steroid dienone is 1. The fourth-order valence-corrected chi connectivity index (χ4v) is 4.18. The van der Waals surface area contributed by atoms with Gasteiger partial charge in [0.05, 0.1) is 4.90 Å². The number of nitrogens with one attached hydrogen (secondary N) is 1. The van der Waals surface area contributed by atoms with E-state index in [2.05, 4.69) is 22.7 Å². The lowest BCUT2D eigenvalue weighted by Crippen LogP contribution is -2.12. The Morgan fingerprint density at radius 3 is 2.34 bits per heavy atom. The number of nitrogens with zero attached hydrogens (tertiary/aromatic N) is 1. The Morgan fingerprint density at radius 1 is 0.931 bits per heavy atom. The third kappa shape index (κ3) is 5.78. The Labute approximate surface area is 173 Å². The van der Waals surface area contributed by atoms with E-state index in [1.807, 2.05) is 30.5 Å². The van der Waals surface area contributed by atoms with Crippen molar-refractivity contribution in [3.8, 4) is 0 Å². The third-order valence-corrected chi connectivity index (χ3v) is 6.03. The summed E-state index contributed by atoms with van der Waals surface area (Å²) < 4.78 is 27.7. The quantitative estimate of drug-likeness (QED) is 0.450. The second-order valence-electron chi connectivity index (χ2n) is 6.85. The van der Waals surface area contributed by atoms with E-state index in [-0.39, 0.29) is 4.90 Å². The maximum atomic E-state index is 12.5. The average molecular weight is 407 g/mol. The van der Waals surface area contributed by atoms with Crippen LogP contribution in [0.25, 0.3) is 5.57 Å². The molecule has 0 unspecified atom stereocenters. The van der Waals surface area contributed by atoms with E-state index in [0.717, 1.165) is 29.5 Å².